The molecule has 1 fully saturated rings. The topological polar surface area (TPSA) is 71.4 Å². The number of nitrogens with zero attached hydrogens (tertiary/aromatic N) is 1. The molecule has 2 N–H and O–H groups in total. The number of piperidine rings is 1. The highest BCUT2D eigenvalue weighted by molar-refractivity contribution is 5.51. The van der Waals surface area contributed by atoms with Crippen LogP contribution in [0.2, 0.25) is 0 Å². The Morgan fingerprint density at radius 1 is 1.18 bits per heavy atom. The van der Waals surface area contributed by atoms with Gasteiger partial charge >= 0.3 is 0 Å². The number of aliphatic hydroxyl groups is 2. The molecule has 0 spiro atoms. The molecule has 1 aliphatic heterocycles. The van der Waals surface area contributed by atoms with E-state index in [-0.39, 0.29) is 12.7 Å². The summed E-state index contributed by atoms with van der Waals surface area (Å²) in [6, 6.07) is 5.40. The third-order valence-electron chi connectivity index (χ3n) is 3.83. The molecule has 2 rings (SSSR count). The van der Waals surface area contributed by atoms with Gasteiger partial charge in [-0.1, -0.05) is 6.07 Å². The van der Waals surface area contributed by atoms with Gasteiger partial charge in [0.15, 0.2) is 11.5 Å². The Balaban J connectivity index is 1.87. The number of hydrogen-bond donors (Lipinski definition) is 2. The van der Waals surface area contributed by atoms with Crippen LogP contribution in [0, 0.1) is 0 Å². The first-order valence-corrected chi connectivity index (χ1v) is 7.56. The molecular weight excluding hydrogens is 286 g/mol. The molecule has 0 radical (unpaired) electrons. The molecule has 0 saturated carbocycles. The van der Waals surface area contributed by atoms with E-state index in [2.05, 4.69) is 4.90 Å². The van der Waals surface area contributed by atoms with Gasteiger partial charge < -0.3 is 29.3 Å². The van der Waals surface area contributed by atoms with Crippen LogP contribution >= 0.6 is 0 Å². The zero-order chi connectivity index (χ0) is 15.9. The maximum Gasteiger partial charge on any atom is 0.203 e. The minimum Gasteiger partial charge on any atom is -0.493 e. The van der Waals surface area contributed by atoms with Crippen molar-refractivity contribution in [3.8, 4) is 17.2 Å². The summed E-state index contributed by atoms with van der Waals surface area (Å²) < 4.78 is 16.2. The lowest BCUT2D eigenvalue weighted by Crippen LogP contribution is -2.41. The fourth-order valence-corrected chi connectivity index (χ4v) is 2.59. The summed E-state index contributed by atoms with van der Waals surface area (Å²) in [5.74, 6) is 1.65. The molecule has 1 heterocycles. The number of hydrogen-bond acceptors (Lipinski definition) is 6. The Kier molecular flexibility index (Phi) is 6.30. The van der Waals surface area contributed by atoms with Crippen LogP contribution in [-0.4, -0.2) is 67.8 Å². The van der Waals surface area contributed by atoms with Crippen molar-refractivity contribution < 1.29 is 24.4 Å². The zero-order valence-corrected chi connectivity index (χ0v) is 13.2. The summed E-state index contributed by atoms with van der Waals surface area (Å²) in [4.78, 5) is 2.14. The van der Waals surface area contributed by atoms with Gasteiger partial charge in [0.2, 0.25) is 5.75 Å². The van der Waals surface area contributed by atoms with Crippen LogP contribution < -0.4 is 14.2 Å². The van der Waals surface area contributed by atoms with Crippen molar-refractivity contribution >= 4 is 0 Å². The predicted octanol–water partition coefficient (Wildman–Crippen LogP) is 0.900. The van der Waals surface area contributed by atoms with Crippen molar-refractivity contribution in [2.24, 2.45) is 0 Å². The van der Waals surface area contributed by atoms with E-state index < -0.39 is 6.10 Å². The molecule has 6 nitrogen and oxygen atoms in total. The molecule has 6 heteroatoms. The quantitative estimate of drug-likeness (QED) is 0.779. The second kappa shape index (κ2) is 8.22. The molecule has 22 heavy (non-hydrogen) atoms. The maximum atomic E-state index is 10.1. The lowest BCUT2D eigenvalue weighted by molar-refractivity contribution is 0.0329. The average molecular weight is 311 g/mol. The molecule has 1 aromatic carbocycles. The lowest BCUT2D eigenvalue weighted by atomic mass is 10.1. The first-order chi connectivity index (χ1) is 10.6. The monoisotopic (exact) mass is 311 g/mol. The molecule has 1 aromatic rings. The molecule has 1 unspecified atom stereocenters. The van der Waals surface area contributed by atoms with Gasteiger partial charge in [0.05, 0.1) is 20.3 Å². The summed E-state index contributed by atoms with van der Waals surface area (Å²) in [6.45, 7) is 2.30. The van der Waals surface area contributed by atoms with Crippen molar-refractivity contribution in [3.63, 3.8) is 0 Å². The highest BCUT2D eigenvalue weighted by atomic mass is 16.5. The lowest BCUT2D eigenvalue weighted by Gasteiger charge is -2.31. The van der Waals surface area contributed by atoms with Crippen LogP contribution in [0.1, 0.15) is 12.8 Å². The van der Waals surface area contributed by atoms with Crippen molar-refractivity contribution in [1.29, 1.82) is 0 Å². The number of likely N-dealkylation sites (tertiary alicyclic amines) is 1. The Morgan fingerprint density at radius 2 is 1.77 bits per heavy atom. The standard InChI is InChI=1S/C16H25NO5/c1-20-14-4-3-5-15(21-2)16(14)22-11-13(19)10-17-8-6-12(18)7-9-17/h3-5,12-13,18-19H,6-11H2,1-2H3. The van der Waals surface area contributed by atoms with Crippen LogP contribution in [-0.2, 0) is 0 Å². The fraction of sp³-hybridized carbons (Fsp3) is 0.625. The highest BCUT2D eigenvalue weighted by Crippen LogP contribution is 2.36. The van der Waals surface area contributed by atoms with Gasteiger partial charge in [-0.15, -0.1) is 0 Å². The van der Waals surface area contributed by atoms with E-state index >= 15 is 0 Å². The van der Waals surface area contributed by atoms with Gasteiger partial charge in [0.1, 0.15) is 12.7 Å². The predicted molar refractivity (Wildman–Crippen MR) is 82.7 cm³/mol. The van der Waals surface area contributed by atoms with Gasteiger partial charge in [-0.05, 0) is 25.0 Å². The van der Waals surface area contributed by atoms with Crippen molar-refractivity contribution in [3.05, 3.63) is 18.2 Å². The van der Waals surface area contributed by atoms with Crippen LogP contribution in [0.3, 0.4) is 0 Å². The first kappa shape index (κ1) is 16.9. The normalized spacial score (nSPS) is 18.0. The SMILES string of the molecule is COc1cccc(OC)c1OCC(O)CN1CCC(O)CC1. The highest BCUT2D eigenvalue weighted by Gasteiger charge is 2.20. The smallest absolute Gasteiger partial charge is 0.203 e. The third kappa shape index (κ3) is 4.50. The van der Waals surface area contributed by atoms with E-state index in [1.807, 2.05) is 6.07 Å². The van der Waals surface area contributed by atoms with E-state index in [4.69, 9.17) is 14.2 Å². The summed E-state index contributed by atoms with van der Waals surface area (Å²) in [6.07, 6.45) is 0.703. The average Bonchev–Trinajstić information content (AvgIpc) is 2.54. The first-order valence-electron chi connectivity index (χ1n) is 7.56. The van der Waals surface area contributed by atoms with Gasteiger partial charge in [0, 0.05) is 19.6 Å². The van der Waals surface area contributed by atoms with Crippen LogP contribution in [0.4, 0.5) is 0 Å². The van der Waals surface area contributed by atoms with Gasteiger partial charge in [-0.2, -0.15) is 0 Å². The van der Waals surface area contributed by atoms with Crippen LogP contribution in [0.5, 0.6) is 17.2 Å². The number of ether oxygens (including phenoxy) is 3. The number of aliphatic hydroxyl groups excluding tert-OH is 2. The van der Waals surface area contributed by atoms with Crippen molar-refractivity contribution in [1.82, 2.24) is 4.90 Å². The number of rotatable bonds is 7. The molecule has 0 bridgehead atoms. The minimum absolute atomic E-state index is 0.162. The molecule has 0 aromatic heterocycles. The van der Waals surface area contributed by atoms with E-state index in [1.54, 1.807) is 26.4 Å². The summed E-state index contributed by atoms with van der Waals surface area (Å²) >= 11 is 0. The molecule has 0 amide bonds. The molecule has 1 atom stereocenters. The van der Waals surface area contributed by atoms with E-state index in [0.717, 1.165) is 25.9 Å². The number of methoxy groups -OCH3 is 2. The largest absolute Gasteiger partial charge is 0.493 e. The number of β-amino-alcohol motifs (C(OH)–C–C–N with tert-alkyl or cyclic N) is 1. The molecule has 0 aliphatic carbocycles. The fourth-order valence-electron chi connectivity index (χ4n) is 2.59. The van der Waals surface area contributed by atoms with Gasteiger partial charge in [0.25, 0.3) is 0 Å². The maximum absolute atomic E-state index is 10.1. The van der Waals surface area contributed by atoms with Crippen LogP contribution in [0.25, 0.3) is 0 Å². The summed E-state index contributed by atoms with van der Waals surface area (Å²) in [7, 11) is 3.13. The minimum atomic E-state index is -0.607. The molecule has 124 valence electrons. The zero-order valence-electron chi connectivity index (χ0n) is 13.2. The number of para-hydroxylation sites is 1. The third-order valence-corrected chi connectivity index (χ3v) is 3.83. The van der Waals surface area contributed by atoms with E-state index in [1.165, 1.54) is 0 Å². The Morgan fingerprint density at radius 3 is 2.32 bits per heavy atom. The molecular formula is C16H25NO5. The molecule has 1 saturated heterocycles. The van der Waals surface area contributed by atoms with E-state index in [9.17, 15) is 10.2 Å². The second-order valence-corrected chi connectivity index (χ2v) is 5.49. The Bertz CT molecular complexity index is 438. The summed E-state index contributed by atoms with van der Waals surface area (Å²) in [5, 5.41) is 19.6. The Labute approximate surface area is 131 Å². The van der Waals surface area contributed by atoms with Gasteiger partial charge in [-0.25, -0.2) is 0 Å². The van der Waals surface area contributed by atoms with Crippen LogP contribution in [0.15, 0.2) is 18.2 Å². The molecule has 1 aliphatic rings. The number of benzene rings is 1. The van der Waals surface area contributed by atoms with E-state index in [0.29, 0.717) is 23.8 Å². The van der Waals surface area contributed by atoms with Crippen molar-refractivity contribution in [2.75, 3.05) is 40.5 Å². The van der Waals surface area contributed by atoms with Crippen molar-refractivity contribution in [2.45, 2.75) is 25.0 Å². The van der Waals surface area contributed by atoms with Gasteiger partial charge in [-0.3, -0.25) is 0 Å². The summed E-state index contributed by atoms with van der Waals surface area (Å²) in [5.41, 5.74) is 0. The second-order valence-electron chi connectivity index (χ2n) is 5.49. The Hall–Kier alpha value is -1.50.